The van der Waals surface area contributed by atoms with E-state index in [0.717, 1.165) is 0 Å². The Hall–Kier alpha value is 1.35. The Morgan fingerprint density at radius 3 is 0.500 bits per heavy atom. The van der Waals surface area contributed by atoms with Crippen LogP contribution >= 0.6 is 0 Å². The predicted molar refractivity (Wildman–Crippen MR) is 1.37 cm³/mol. The first kappa shape index (κ1) is 55.6. The summed E-state index contributed by atoms with van der Waals surface area (Å²) in [5, 5.41) is 0. The van der Waals surface area contributed by atoms with Crippen molar-refractivity contribution in [1.29, 1.82) is 0 Å². The fraction of sp³-hybridized carbons (Fsp3) is 0. The van der Waals surface area contributed by atoms with E-state index < -0.39 is 0 Å². The minimum Gasteiger partial charge on any atom is -2.00 e. The summed E-state index contributed by atoms with van der Waals surface area (Å²) in [6.07, 6.45) is 0. The Morgan fingerprint density at radius 2 is 0.500 bits per heavy atom. The summed E-state index contributed by atoms with van der Waals surface area (Å²) in [4.78, 5) is 0. The third kappa shape index (κ3) is 10.2. The first-order chi connectivity index (χ1) is 0. The van der Waals surface area contributed by atoms with Crippen LogP contribution in [0.5, 0.6) is 0 Å². The topological polar surface area (TPSA) is 57.0 Å². The third-order valence-electron chi connectivity index (χ3n) is 0. The molecule has 0 radical (unpaired) electrons. The Bertz CT molecular complexity index is 4.00. The molecule has 0 fully saturated rings. The van der Waals surface area contributed by atoms with Gasteiger partial charge in [0.15, 0.2) is 0 Å². The number of hydrogen-bond acceptors (Lipinski definition) is 0. The molecule has 0 atom stereocenters. The summed E-state index contributed by atoms with van der Waals surface area (Å²) in [5.74, 6) is 0. The monoisotopic (exact) mass is 128 g/mol. The third-order valence-corrected chi connectivity index (χ3v) is 0. The summed E-state index contributed by atoms with van der Waals surface area (Å²) >= 11 is 0. The van der Waals surface area contributed by atoms with Gasteiger partial charge in [0.1, 0.15) is 0 Å². The van der Waals surface area contributed by atoms with Gasteiger partial charge in [-0.05, 0) is 0 Å². The molecule has 4 heteroatoms. The predicted octanol–water partition coefficient (Wildman–Crippen LogP) is -0.243. The standard InChI is InChI=1S/2O.2Ti/q2*-2;2*+4. The summed E-state index contributed by atoms with van der Waals surface area (Å²) in [6.45, 7) is 0. The summed E-state index contributed by atoms with van der Waals surface area (Å²) < 4.78 is 0. The minimum absolute atomic E-state index is 0. The van der Waals surface area contributed by atoms with Crippen molar-refractivity contribution in [2.45, 2.75) is 0 Å². The minimum atomic E-state index is 0. The largest absolute Gasteiger partial charge is 4.00 e. The first-order valence-corrected chi connectivity index (χ1v) is 0. The second-order valence-electron chi connectivity index (χ2n) is 0. The molecule has 0 bridgehead atoms. The van der Waals surface area contributed by atoms with E-state index in [4.69, 9.17) is 0 Å². The number of hydrogen-bond donors (Lipinski definition) is 0. The molecule has 0 heterocycles. The normalized spacial score (nSPS) is 0. The molecule has 0 aliphatic heterocycles. The van der Waals surface area contributed by atoms with Gasteiger partial charge in [-0.1, -0.05) is 0 Å². The van der Waals surface area contributed by atoms with E-state index >= 15 is 0 Å². The van der Waals surface area contributed by atoms with E-state index in [1.807, 2.05) is 0 Å². The Morgan fingerprint density at radius 1 is 0.500 bits per heavy atom. The average Bonchev–Trinajstić information content (AvgIpc) is 0. The van der Waals surface area contributed by atoms with Crippen LogP contribution in [-0.4, -0.2) is 0 Å². The van der Waals surface area contributed by atoms with Crippen molar-refractivity contribution in [2.24, 2.45) is 0 Å². The van der Waals surface area contributed by atoms with E-state index in [1.165, 1.54) is 0 Å². The van der Waals surface area contributed by atoms with E-state index in [1.54, 1.807) is 0 Å². The van der Waals surface area contributed by atoms with Gasteiger partial charge >= 0.3 is 43.4 Å². The van der Waals surface area contributed by atoms with Crippen LogP contribution in [0.15, 0.2) is 0 Å². The van der Waals surface area contributed by atoms with Crippen molar-refractivity contribution < 1.29 is 54.4 Å². The second kappa shape index (κ2) is 26.8. The molecule has 0 aliphatic rings. The van der Waals surface area contributed by atoms with Crippen molar-refractivity contribution in [1.82, 2.24) is 0 Å². The van der Waals surface area contributed by atoms with Crippen molar-refractivity contribution in [3.8, 4) is 0 Å². The van der Waals surface area contributed by atoms with Crippen LogP contribution < -0.4 is 0 Å². The average molecular weight is 128 g/mol. The summed E-state index contributed by atoms with van der Waals surface area (Å²) in [7, 11) is 0. The fourth-order valence-corrected chi connectivity index (χ4v) is 0. The van der Waals surface area contributed by atoms with Gasteiger partial charge in [0.25, 0.3) is 0 Å². The molecule has 0 saturated heterocycles. The molecule has 16 valence electrons. The zero-order chi connectivity index (χ0) is 0. The smallest absolute Gasteiger partial charge is 2.00 e. The van der Waals surface area contributed by atoms with Crippen molar-refractivity contribution in [3.63, 3.8) is 0 Å². The van der Waals surface area contributed by atoms with Crippen molar-refractivity contribution >= 4 is 0 Å². The van der Waals surface area contributed by atoms with E-state index in [2.05, 4.69) is 0 Å². The zero-order valence-electron chi connectivity index (χ0n) is 1.82. The van der Waals surface area contributed by atoms with Crippen LogP contribution in [0.2, 0.25) is 0 Å². The van der Waals surface area contributed by atoms with Gasteiger partial charge in [0.2, 0.25) is 0 Å². The van der Waals surface area contributed by atoms with Gasteiger partial charge in [-0.2, -0.15) is 0 Å². The van der Waals surface area contributed by atoms with Gasteiger partial charge in [0.05, 0.1) is 0 Å². The molecule has 0 aromatic heterocycles. The molecule has 0 spiro atoms. The van der Waals surface area contributed by atoms with Gasteiger partial charge in [-0.3, -0.25) is 0 Å². The zero-order valence-corrected chi connectivity index (χ0v) is 4.94. The van der Waals surface area contributed by atoms with Crippen molar-refractivity contribution in [3.05, 3.63) is 0 Å². The molecule has 0 amide bonds. The van der Waals surface area contributed by atoms with E-state index in [-0.39, 0.29) is 54.4 Å². The second-order valence-corrected chi connectivity index (χ2v) is 0. The van der Waals surface area contributed by atoms with Crippen LogP contribution in [0.3, 0.4) is 0 Å². The summed E-state index contributed by atoms with van der Waals surface area (Å²) in [5.41, 5.74) is 0. The molecular formula is O2Ti2+4. The van der Waals surface area contributed by atoms with Gasteiger partial charge in [-0.25, -0.2) is 0 Å². The molecule has 0 saturated carbocycles. The maximum Gasteiger partial charge on any atom is 4.00 e. The molecule has 0 aliphatic carbocycles. The maximum absolute atomic E-state index is 0. The number of rotatable bonds is 0. The van der Waals surface area contributed by atoms with Crippen LogP contribution in [0.1, 0.15) is 0 Å². The van der Waals surface area contributed by atoms with Crippen LogP contribution in [0, 0.1) is 0 Å². The van der Waals surface area contributed by atoms with E-state index in [0.29, 0.717) is 0 Å². The Labute approximate surface area is 54.3 Å². The Kier molecular flexibility index (Phi) is 373. The molecule has 4 heavy (non-hydrogen) atoms. The molecule has 2 nitrogen and oxygen atoms in total. The Balaban J connectivity index is 0. The first-order valence-electron chi connectivity index (χ1n) is 0. The van der Waals surface area contributed by atoms with Gasteiger partial charge in [0, 0.05) is 0 Å². The van der Waals surface area contributed by atoms with E-state index in [9.17, 15) is 0 Å². The van der Waals surface area contributed by atoms with Crippen LogP contribution in [0.4, 0.5) is 0 Å². The fourth-order valence-electron chi connectivity index (χ4n) is 0. The molecule has 0 rings (SSSR count). The maximum atomic E-state index is 0. The molecule has 0 aromatic carbocycles. The van der Waals surface area contributed by atoms with Gasteiger partial charge in [-0.15, -0.1) is 0 Å². The molecule has 0 N–H and O–H groups in total. The van der Waals surface area contributed by atoms with Crippen LogP contribution in [0.25, 0.3) is 0 Å². The van der Waals surface area contributed by atoms with Crippen molar-refractivity contribution in [2.75, 3.05) is 0 Å². The van der Waals surface area contributed by atoms with Crippen LogP contribution in [-0.2, 0) is 54.4 Å². The summed E-state index contributed by atoms with van der Waals surface area (Å²) in [6, 6.07) is 0. The molecule has 0 aromatic rings. The quantitative estimate of drug-likeness (QED) is 0.404. The molecule has 0 unspecified atom stereocenters. The SMILES string of the molecule is [O-2].[O-2].[Ti+4].[Ti+4]. The molecular weight excluding hydrogens is 128 g/mol. The van der Waals surface area contributed by atoms with Gasteiger partial charge < -0.3 is 11.0 Å².